The molecule has 0 aliphatic heterocycles. The highest BCUT2D eigenvalue weighted by atomic mass is 19.1. The normalized spacial score (nSPS) is 10.1. The van der Waals surface area contributed by atoms with Gasteiger partial charge >= 0.3 is 0 Å². The second-order valence-corrected chi connectivity index (χ2v) is 3.52. The van der Waals surface area contributed by atoms with Crippen molar-refractivity contribution in [1.29, 1.82) is 5.26 Å². The van der Waals surface area contributed by atoms with E-state index in [1.54, 1.807) is 36.7 Å². The van der Waals surface area contributed by atoms with Gasteiger partial charge in [-0.25, -0.2) is 9.37 Å². The molecule has 0 radical (unpaired) electrons. The first-order valence-electron chi connectivity index (χ1n) is 4.83. The van der Waals surface area contributed by atoms with E-state index < -0.39 is 0 Å². The van der Waals surface area contributed by atoms with Crippen molar-refractivity contribution in [2.75, 3.05) is 0 Å². The van der Waals surface area contributed by atoms with Crippen LogP contribution in [0.3, 0.4) is 0 Å². The maximum atomic E-state index is 13.6. The highest BCUT2D eigenvalue weighted by Crippen LogP contribution is 2.23. The molecule has 0 bridgehead atoms. The van der Waals surface area contributed by atoms with Crippen LogP contribution in [0, 0.1) is 24.1 Å². The molecule has 80 valence electrons. The molecule has 0 aliphatic carbocycles. The number of hydrogen-bond acceptors (Lipinski definition) is 2. The molecule has 3 nitrogen and oxygen atoms in total. The molecule has 0 atom stereocenters. The fourth-order valence-corrected chi connectivity index (χ4v) is 1.67. The molecule has 0 spiro atoms. The Bertz CT molecular complexity index is 578. The number of aromatic nitrogens is 2. The monoisotopic (exact) mass is 215 g/mol. The van der Waals surface area contributed by atoms with Gasteiger partial charge in [0.1, 0.15) is 23.4 Å². The summed E-state index contributed by atoms with van der Waals surface area (Å²) >= 11 is 0. The third-order valence-corrected chi connectivity index (χ3v) is 2.49. The van der Waals surface area contributed by atoms with Crippen LogP contribution in [0.5, 0.6) is 0 Å². The molecular formula is C12H10FN3. The summed E-state index contributed by atoms with van der Waals surface area (Å²) in [4.78, 5) is 4.21. The van der Waals surface area contributed by atoms with Crippen molar-refractivity contribution in [2.45, 2.75) is 6.92 Å². The van der Waals surface area contributed by atoms with Crippen molar-refractivity contribution in [3.8, 4) is 17.5 Å². The van der Waals surface area contributed by atoms with E-state index in [0.29, 0.717) is 22.8 Å². The highest BCUT2D eigenvalue weighted by Gasteiger charge is 2.14. The first-order valence-corrected chi connectivity index (χ1v) is 4.83. The number of imidazole rings is 1. The molecule has 1 heterocycles. The van der Waals surface area contributed by atoms with Crippen LogP contribution in [0.15, 0.2) is 24.3 Å². The Hall–Kier alpha value is -2.15. The molecule has 0 N–H and O–H groups in total. The van der Waals surface area contributed by atoms with Crippen molar-refractivity contribution >= 4 is 0 Å². The van der Waals surface area contributed by atoms with E-state index in [9.17, 15) is 4.39 Å². The van der Waals surface area contributed by atoms with Crippen LogP contribution in [0.1, 0.15) is 11.4 Å². The first kappa shape index (κ1) is 10.4. The number of hydrogen-bond donors (Lipinski definition) is 0. The molecule has 1 aromatic carbocycles. The second-order valence-electron chi connectivity index (χ2n) is 3.52. The van der Waals surface area contributed by atoms with E-state index in [2.05, 4.69) is 11.1 Å². The summed E-state index contributed by atoms with van der Waals surface area (Å²) in [5.74, 6) is 0.146. The number of nitriles is 1. The lowest BCUT2D eigenvalue weighted by Crippen LogP contribution is -1.97. The lowest BCUT2D eigenvalue weighted by atomic mass is 10.2. The van der Waals surface area contributed by atoms with Gasteiger partial charge < -0.3 is 4.57 Å². The van der Waals surface area contributed by atoms with Gasteiger partial charge in [-0.1, -0.05) is 12.1 Å². The predicted octanol–water partition coefficient (Wildman–Crippen LogP) is 2.41. The van der Waals surface area contributed by atoms with Crippen molar-refractivity contribution in [2.24, 2.45) is 7.05 Å². The number of nitrogens with zero attached hydrogens (tertiary/aromatic N) is 3. The lowest BCUT2D eigenvalue weighted by Gasteiger charge is -2.02. The van der Waals surface area contributed by atoms with E-state index in [4.69, 9.17) is 5.26 Å². The molecule has 1 aromatic heterocycles. The summed E-state index contributed by atoms with van der Waals surface area (Å²) in [5.41, 5.74) is 1.48. The average Bonchev–Trinajstić information content (AvgIpc) is 2.55. The van der Waals surface area contributed by atoms with E-state index in [-0.39, 0.29) is 5.82 Å². The van der Waals surface area contributed by atoms with Crippen LogP contribution in [0.2, 0.25) is 0 Å². The van der Waals surface area contributed by atoms with E-state index in [1.165, 1.54) is 6.07 Å². The first-order chi connectivity index (χ1) is 7.65. The fourth-order valence-electron chi connectivity index (χ4n) is 1.67. The second kappa shape index (κ2) is 3.78. The van der Waals surface area contributed by atoms with Gasteiger partial charge in [0.25, 0.3) is 0 Å². The van der Waals surface area contributed by atoms with Crippen molar-refractivity contribution in [3.05, 3.63) is 41.5 Å². The van der Waals surface area contributed by atoms with Crippen LogP contribution < -0.4 is 0 Å². The standard InChI is InChI=1S/C12H10FN3/c1-8-11(7-14)16(2)12(15-8)9-5-3-4-6-10(9)13/h3-6H,1-2H3. The SMILES string of the molecule is Cc1nc(-c2ccccc2F)n(C)c1C#N. The Kier molecular flexibility index (Phi) is 2.45. The van der Waals surface area contributed by atoms with Gasteiger partial charge in [-0.05, 0) is 19.1 Å². The van der Waals surface area contributed by atoms with Crippen molar-refractivity contribution in [1.82, 2.24) is 9.55 Å². The van der Waals surface area contributed by atoms with Gasteiger partial charge in [-0.2, -0.15) is 5.26 Å². The number of benzene rings is 1. The third kappa shape index (κ3) is 1.47. The Morgan fingerprint density at radius 3 is 2.62 bits per heavy atom. The van der Waals surface area contributed by atoms with Gasteiger partial charge in [0.05, 0.1) is 11.3 Å². The van der Waals surface area contributed by atoms with Gasteiger partial charge in [-0.3, -0.25) is 0 Å². The zero-order valence-electron chi connectivity index (χ0n) is 9.03. The van der Waals surface area contributed by atoms with Crippen LogP contribution in [-0.2, 0) is 7.05 Å². The Morgan fingerprint density at radius 2 is 2.06 bits per heavy atom. The summed E-state index contributed by atoms with van der Waals surface area (Å²) in [6.45, 7) is 1.74. The summed E-state index contributed by atoms with van der Waals surface area (Å²) in [5, 5.41) is 8.92. The molecule has 0 aliphatic rings. The Balaban J connectivity index is 2.68. The summed E-state index contributed by atoms with van der Waals surface area (Å²) in [7, 11) is 1.71. The Labute approximate surface area is 92.8 Å². The molecule has 0 saturated carbocycles. The highest BCUT2D eigenvalue weighted by molar-refractivity contribution is 5.58. The molecule has 0 unspecified atom stereocenters. The minimum Gasteiger partial charge on any atom is -0.319 e. The smallest absolute Gasteiger partial charge is 0.143 e. The molecule has 0 amide bonds. The fraction of sp³-hybridized carbons (Fsp3) is 0.167. The summed E-state index contributed by atoms with van der Waals surface area (Å²) < 4.78 is 15.2. The summed E-state index contributed by atoms with van der Waals surface area (Å²) in [6.07, 6.45) is 0. The minimum atomic E-state index is -0.333. The van der Waals surface area contributed by atoms with Crippen molar-refractivity contribution < 1.29 is 4.39 Å². The molecule has 16 heavy (non-hydrogen) atoms. The van der Waals surface area contributed by atoms with Crippen LogP contribution in [0.4, 0.5) is 4.39 Å². The molecule has 0 fully saturated rings. The zero-order chi connectivity index (χ0) is 11.7. The van der Waals surface area contributed by atoms with E-state index >= 15 is 0 Å². The number of rotatable bonds is 1. The minimum absolute atomic E-state index is 0.333. The number of aryl methyl sites for hydroxylation is 1. The lowest BCUT2D eigenvalue weighted by molar-refractivity contribution is 0.628. The van der Waals surface area contributed by atoms with Gasteiger partial charge in [-0.15, -0.1) is 0 Å². The van der Waals surface area contributed by atoms with E-state index in [1.807, 2.05) is 0 Å². The molecule has 0 saturated heterocycles. The number of halogens is 1. The quantitative estimate of drug-likeness (QED) is 0.733. The topological polar surface area (TPSA) is 41.6 Å². The molecule has 4 heteroatoms. The molecule has 2 aromatic rings. The van der Waals surface area contributed by atoms with Crippen molar-refractivity contribution in [3.63, 3.8) is 0 Å². The zero-order valence-corrected chi connectivity index (χ0v) is 9.03. The Morgan fingerprint density at radius 1 is 1.38 bits per heavy atom. The third-order valence-electron chi connectivity index (χ3n) is 2.49. The van der Waals surface area contributed by atoms with Gasteiger partial charge in [0, 0.05) is 7.05 Å². The van der Waals surface area contributed by atoms with Crippen LogP contribution >= 0.6 is 0 Å². The van der Waals surface area contributed by atoms with E-state index in [0.717, 1.165) is 0 Å². The largest absolute Gasteiger partial charge is 0.319 e. The van der Waals surface area contributed by atoms with Gasteiger partial charge in [0.2, 0.25) is 0 Å². The maximum absolute atomic E-state index is 13.6. The van der Waals surface area contributed by atoms with Gasteiger partial charge in [0.15, 0.2) is 0 Å². The molecular weight excluding hydrogens is 205 g/mol. The summed E-state index contributed by atoms with van der Waals surface area (Å²) in [6, 6.07) is 8.45. The predicted molar refractivity (Wildman–Crippen MR) is 58.1 cm³/mol. The van der Waals surface area contributed by atoms with Crippen LogP contribution in [0.25, 0.3) is 11.4 Å². The molecule has 2 rings (SSSR count). The average molecular weight is 215 g/mol. The van der Waals surface area contributed by atoms with Crippen LogP contribution in [-0.4, -0.2) is 9.55 Å². The maximum Gasteiger partial charge on any atom is 0.143 e.